The molecule has 1 fully saturated rings. The van der Waals surface area contributed by atoms with Crippen LogP contribution < -0.4 is 0 Å². The van der Waals surface area contributed by atoms with Crippen molar-refractivity contribution in [3.63, 3.8) is 0 Å². The lowest BCUT2D eigenvalue weighted by molar-refractivity contribution is 0.559. The van der Waals surface area contributed by atoms with Crippen LogP contribution in [0.4, 0.5) is 0 Å². The van der Waals surface area contributed by atoms with Crippen molar-refractivity contribution in [2.24, 2.45) is 11.8 Å². The Hall–Kier alpha value is -0.740. The first-order valence-corrected chi connectivity index (χ1v) is 3.47. The molecule has 0 saturated heterocycles. The molecule has 0 N–H and O–H groups in total. The van der Waals surface area contributed by atoms with Gasteiger partial charge in [0, 0.05) is 0 Å². The molecule has 9 heavy (non-hydrogen) atoms. The molecule has 0 amide bonds. The zero-order chi connectivity index (χ0) is 6.27. The van der Waals surface area contributed by atoms with Gasteiger partial charge in [0.2, 0.25) is 0 Å². The van der Waals surface area contributed by atoms with Crippen LogP contribution in [0.25, 0.3) is 0 Å². The van der Waals surface area contributed by atoms with Crippen LogP contribution in [0.5, 0.6) is 0 Å². The SMILES string of the molecule is C=CC1CC2=C=CC1C2. The summed E-state index contributed by atoms with van der Waals surface area (Å²) >= 11 is 0. The number of hydrogen-bond donors (Lipinski definition) is 0. The first kappa shape index (κ1) is 5.08. The van der Waals surface area contributed by atoms with Crippen LogP contribution in [0.1, 0.15) is 12.8 Å². The molecule has 2 rings (SSSR count). The van der Waals surface area contributed by atoms with E-state index in [0.717, 1.165) is 11.8 Å². The van der Waals surface area contributed by atoms with Crippen molar-refractivity contribution in [3.8, 4) is 0 Å². The molecular formula is C9H10. The van der Waals surface area contributed by atoms with E-state index in [1.54, 1.807) is 0 Å². The Morgan fingerprint density at radius 2 is 2.56 bits per heavy atom. The lowest BCUT2D eigenvalue weighted by atomic mass is 9.96. The molecule has 0 radical (unpaired) electrons. The molecule has 0 aliphatic heterocycles. The average Bonchev–Trinajstić information content (AvgIpc) is 2.45. The Kier molecular flexibility index (Phi) is 0.913. The van der Waals surface area contributed by atoms with Crippen LogP contribution >= 0.6 is 0 Å². The maximum atomic E-state index is 3.80. The van der Waals surface area contributed by atoms with E-state index < -0.39 is 0 Å². The molecule has 0 aromatic rings. The summed E-state index contributed by atoms with van der Waals surface area (Å²) in [6.07, 6.45) is 6.77. The monoisotopic (exact) mass is 118 g/mol. The minimum Gasteiger partial charge on any atom is -0.126 e. The summed E-state index contributed by atoms with van der Waals surface area (Å²) in [5.41, 5.74) is 4.77. The standard InChI is InChI=1S/C9H10/c1-2-8-5-7-3-4-9(8)6-7/h2,4,8-9H,1,5-6H2. The molecule has 0 heteroatoms. The largest absolute Gasteiger partial charge is 0.126 e. The van der Waals surface area contributed by atoms with E-state index >= 15 is 0 Å². The van der Waals surface area contributed by atoms with Gasteiger partial charge in [-0.2, -0.15) is 0 Å². The fourth-order valence-electron chi connectivity index (χ4n) is 1.74. The predicted octanol–water partition coefficient (Wildman–Crippen LogP) is 2.29. The Morgan fingerprint density at radius 3 is 2.89 bits per heavy atom. The fraction of sp³-hybridized carbons (Fsp3) is 0.444. The molecule has 0 heterocycles. The van der Waals surface area contributed by atoms with Gasteiger partial charge in [-0.05, 0) is 36.3 Å². The number of allylic oxidation sites excluding steroid dienone is 2. The lowest BCUT2D eigenvalue weighted by Gasteiger charge is -2.08. The molecule has 0 aromatic heterocycles. The molecular weight excluding hydrogens is 108 g/mol. The lowest BCUT2D eigenvalue weighted by Crippen LogP contribution is -2.00. The normalized spacial score (nSPS) is 37.1. The molecule has 1 saturated carbocycles. The van der Waals surface area contributed by atoms with Gasteiger partial charge < -0.3 is 0 Å². The summed E-state index contributed by atoms with van der Waals surface area (Å²) in [6.45, 7) is 3.80. The second-order valence-electron chi connectivity index (χ2n) is 2.89. The van der Waals surface area contributed by atoms with Gasteiger partial charge in [0.1, 0.15) is 0 Å². The van der Waals surface area contributed by atoms with Gasteiger partial charge in [-0.1, -0.05) is 6.08 Å². The van der Waals surface area contributed by atoms with Gasteiger partial charge in [0.05, 0.1) is 0 Å². The van der Waals surface area contributed by atoms with E-state index in [4.69, 9.17) is 0 Å². The molecule has 0 aromatic carbocycles. The fourth-order valence-corrected chi connectivity index (χ4v) is 1.74. The van der Waals surface area contributed by atoms with E-state index in [0.29, 0.717) is 0 Å². The molecule has 0 spiro atoms. The van der Waals surface area contributed by atoms with E-state index in [9.17, 15) is 0 Å². The summed E-state index contributed by atoms with van der Waals surface area (Å²) in [5.74, 6) is 1.50. The van der Waals surface area contributed by atoms with Gasteiger partial charge >= 0.3 is 0 Å². The first-order valence-electron chi connectivity index (χ1n) is 3.47. The molecule has 46 valence electrons. The third kappa shape index (κ3) is 0.602. The Labute approximate surface area is 55.6 Å². The second kappa shape index (κ2) is 1.62. The van der Waals surface area contributed by atoms with Crippen LogP contribution in [0, 0.1) is 11.8 Å². The smallest absolute Gasteiger partial charge is 0.00480 e. The van der Waals surface area contributed by atoms with Gasteiger partial charge in [-0.15, -0.1) is 12.3 Å². The van der Waals surface area contributed by atoms with Crippen LogP contribution in [-0.2, 0) is 0 Å². The van der Waals surface area contributed by atoms with Gasteiger partial charge in [0.25, 0.3) is 0 Å². The average molecular weight is 118 g/mol. The molecule has 2 unspecified atom stereocenters. The number of rotatable bonds is 1. The van der Waals surface area contributed by atoms with Crippen LogP contribution in [0.15, 0.2) is 30.0 Å². The van der Waals surface area contributed by atoms with Crippen molar-refractivity contribution in [2.75, 3.05) is 0 Å². The van der Waals surface area contributed by atoms with Crippen LogP contribution in [0.3, 0.4) is 0 Å². The van der Waals surface area contributed by atoms with Crippen molar-refractivity contribution in [1.29, 1.82) is 0 Å². The van der Waals surface area contributed by atoms with Gasteiger partial charge in [-0.3, -0.25) is 0 Å². The highest BCUT2D eigenvalue weighted by atomic mass is 14.3. The Balaban J connectivity index is 2.27. The van der Waals surface area contributed by atoms with Gasteiger partial charge in [-0.25, -0.2) is 0 Å². The van der Waals surface area contributed by atoms with E-state index in [-0.39, 0.29) is 0 Å². The van der Waals surface area contributed by atoms with Crippen molar-refractivity contribution in [1.82, 2.24) is 0 Å². The molecule has 2 atom stereocenters. The number of hydrogen-bond acceptors (Lipinski definition) is 0. The van der Waals surface area contributed by atoms with Crippen LogP contribution in [0.2, 0.25) is 0 Å². The third-order valence-corrected chi connectivity index (χ3v) is 2.32. The van der Waals surface area contributed by atoms with Crippen molar-refractivity contribution in [2.45, 2.75) is 12.8 Å². The third-order valence-electron chi connectivity index (χ3n) is 2.32. The summed E-state index contributed by atoms with van der Waals surface area (Å²) < 4.78 is 0. The predicted molar refractivity (Wildman–Crippen MR) is 38.0 cm³/mol. The first-order chi connectivity index (χ1) is 4.40. The highest BCUT2D eigenvalue weighted by Gasteiger charge is 2.29. The molecule has 2 aliphatic carbocycles. The van der Waals surface area contributed by atoms with E-state index in [1.165, 1.54) is 18.4 Å². The maximum Gasteiger partial charge on any atom is -0.00480 e. The summed E-state index contributed by atoms with van der Waals surface area (Å²) in [5, 5.41) is 0. The topological polar surface area (TPSA) is 0 Å². The minimum absolute atomic E-state index is 0.737. The zero-order valence-electron chi connectivity index (χ0n) is 5.43. The quantitative estimate of drug-likeness (QED) is 0.366. The molecule has 2 bridgehead atoms. The zero-order valence-corrected chi connectivity index (χ0v) is 5.43. The highest BCUT2D eigenvalue weighted by Crippen LogP contribution is 2.40. The van der Waals surface area contributed by atoms with Crippen LogP contribution in [-0.4, -0.2) is 0 Å². The highest BCUT2D eigenvalue weighted by molar-refractivity contribution is 5.23. The summed E-state index contributed by atoms with van der Waals surface area (Å²) in [4.78, 5) is 0. The molecule has 0 nitrogen and oxygen atoms in total. The number of fused-ring (bicyclic) bond motifs is 2. The summed E-state index contributed by atoms with van der Waals surface area (Å²) in [6, 6.07) is 0. The minimum atomic E-state index is 0.737. The van der Waals surface area contributed by atoms with E-state index in [2.05, 4.69) is 24.5 Å². The molecule has 2 aliphatic rings. The maximum absolute atomic E-state index is 3.80. The van der Waals surface area contributed by atoms with Crippen molar-refractivity contribution < 1.29 is 0 Å². The Bertz CT molecular complexity index is 204. The van der Waals surface area contributed by atoms with E-state index in [1.807, 2.05) is 0 Å². The van der Waals surface area contributed by atoms with Crippen molar-refractivity contribution >= 4 is 0 Å². The Morgan fingerprint density at radius 1 is 1.67 bits per heavy atom. The van der Waals surface area contributed by atoms with Gasteiger partial charge in [0.15, 0.2) is 0 Å². The second-order valence-corrected chi connectivity index (χ2v) is 2.89. The summed E-state index contributed by atoms with van der Waals surface area (Å²) in [7, 11) is 0. The van der Waals surface area contributed by atoms with Crippen molar-refractivity contribution in [3.05, 3.63) is 30.0 Å².